The molecule has 1 fully saturated rings. The number of ketones is 1. The Labute approximate surface area is 101 Å². The first-order valence-corrected chi connectivity index (χ1v) is 6.10. The zero-order chi connectivity index (χ0) is 12.4. The van der Waals surface area contributed by atoms with Crippen LogP contribution in [-0.2, 0) is 0 Å². The Morgan fingerprint density at radius 1 is 1.35 bits per heavy atom. The molecule has 17 heavy (non-hydrogen) atoms. The van der Waals surface area contributed by atoms with Gasteiger partial charge in [0, 0.05) is 18.2 Å². The van der Waals surface area contributed by atoms with E-state index in [1.165, 1.54) is 0 Å². The number of hydrogen-bond donors (Lipinski definition) is 2. The van der Waals surface area contributed by atoms with E-state index in [4.69, 9.17) is 11.5 Å². The zero-order valence-electron chi connectivity index (χ0n) is 10.1. The lowest BCUT2D eigenvalue weighted by Crippen LogP contribution is -2.30. The lowest BCUT2D eigenvalue weighted by atomic mass is 9.82. The third-order valence-electron chi connectivity index (χ3n) is 3.46. The predicted octanol–water partition coefficient (Wildman–Crippen LogP) is 1.67. The fraction of sp³-hybridized carbons (Fsp3) is 0.538. The van der Waals surface area contributed by atoms with Crippen molar-refractivity contribution in [2.75, 3.05) is 5.73 Å². The maximum atomic E-state index is 12.3. The molecule has 1 saturated carbocycles. The molecule has 0 bridgehead atoms. The van der Waals surface area contributed by atoms with E-state index >= 15 is 0 Å². The van der Waals surface area contributed by atoms with Crippen LogP contribution in [0, 0.1) is 12.8 Å². The number of nitrogen functional groups attached to an aromatic ring is 1. The van der Waals surface area contributed by atoms with Gasteiger partial charge in [-0.05, 0) is 44.2 Å². The van der Waals surface area contributed by atoms with Crippen LogP contribution in [0.25, 0.3) is 0 Å². The Hall–Kier alpha value is -1.42. The molecular formula is C13H19N3O. The van der Waals surface area contributed by atoms with Crippen LogP contribution in [0.2, 0.25) is 0 Å². The van der Waals surface area contributed by atoms with E-state index in [1.807, 2.05) is 13.0 Å². The highest BCUT2D eigenvalue weighted by Gasteiger charge is 2.26. The summed E-state index contributed by atoms with van der Waals surface area (Å²) in [5.74, 6) is 0.543. The van der Waals surface area contributed by atoms with Crippen LogP contribution in [-0.4, -0.2) is 16.8 Å². The molecule has 1 aliphatic carbocycles. The van der Waals surface area contributed by atoms with Crippen LogP contribution in [0.15, 0.2) is 12.3 Å². The molecule has 0 unspecified atom stereocenters. The van der Waals surface area contributed by atoms with Gasteiger partial charge < -0.3 is 11.5 Å². The molecule has 0 saturated heterocycles. The maximum absolute atomic E-state index is 12.3. The second kappa shape index (κ2) is 4.84. The minimum absolute atomic E-state index is 0.0701. The van der Waals surface area contributed by atoms with Crippen LogP contribution in [0.3, 0.4) is 0 Å². The van der Waals surface area contributed by atoms with Gasteiger partial charge >= 0.3 is 0 Å². The van der Waals surface area contributed by atoms with E-state index < -0.39 is 0 Å². The Bertz CT molecular complexity index is 423. The van der Waals surface area contributed by atoms with Crippen LogP contribution >= 0.6 is 0 Å². The fourth-order valence-corrected chi connectivity index (χ4v) is 2.38. The van der Waals surface area contributed by atoms with Crippen LogP contribution < -0.4 is 11.5 Å². The average molecular weight is 233 g/mol. The van der Waals surface area contributed by atoms with Crippen molar-refractivity contribution >= 4 is 11.6 Å². The van der Waals surface area contributed by atoms with E-state index in [0.717, 1.165) is 31.2 Å². The molecular weight excluding hydrogens is 214 g/mol. The minimum Gasteiger partial charge on any atom is -0.383 e. The van der Waals surface area contributed by atoms with Crippen molar-refractivity contribution in [1.29, 1.82) is 0 Å². The molecule has 1 aliphatic rings. The quantitative estimate of drug-likeness (QED) is 0.761. The van der Waals surface area contributed by atoms with E-state index in [-0.39, 0.29) is 17.7 Å². The first-order chi connectivity index (χ1) is 8.08. The van der Waals surface area contributed by atoms with Crippen molar-refractivity contribution in [1.82, 2.24) is 4.98 Å². The molecule has 1 heterocycles. The highest BCUT2D eigenvalue weighted by atomic mass is 16.1. The molecule has 4 heteroatoms. The van der Waals surface area contributed by atoms with Gasteiger partial charge in [0.15, 0.2) is 5.78 Å². The Morgan fingerprint density at radius 2 is 2.00 bits per heavy atom. The lowest BCUT2D eigenvalue weighted by molar-refractivity contribution is 0.0885. The number of carbonyl (C=O) groups excluding carboxylic acids is 1. The number of pyridine rings is 1. The molecule has 0 amide bonds. The first kappa shape index (κ1) is 12.0. The number of carbonyl (C=O) groups is 1. The topological polar surface area (TPSA) is 82.0 Å². The summed E-state index contributed by atoms with van der Waals surface area (Å²) in [6, 6.07) is 2.09. The molecule has 1 aromatic heterocycles. The number of hydrogen-bond acceptors (Lipinski definition) is 4. The van der Waals surface area contributed by atoms with Gasteiger partial charge in [-0.15, -0.1) is 0 Å². The summed E-state index contributed by atoms with van der Waals surface area (Å²) in [6.07, 6.45) is 5.27. The highest BCUT2D eigenvalue weighted by Crippen LogP contribution is 2.28. The van der Waals surface area contributed by atoms with E-state index in [0.29, 0.717) is 11.4 Å². The largest absolute Gasteiger partial charge is 0.383 e. The molecule has 92 valence electrons. The van der Waals surface area contributed by atoms with Gasteiger partial charge in [0.05, 0.1) is 5.56 Å². The molecule has 2 rings (SSSR count). The Morgan fingerprint density at radius 3 is 2.65 bits per heavy atom. The van der Waals surface area contributed by atoms with Gasteiger partial charge in [0.1, 0.15) is 5.82 Å². The van der Waals surface area contributed by atoms with Crippen molar-refractivity contribution in [3.8, 4) is 0 Å². The van der Waals surface area contributed by atoms with Gasteiger partial charge in [-0.25, -0.2) is 4.98 Å². The van der Waals surface area contributed by atoms with Crippen LogP contribution in [0.1, 0.15) is 41.6 Å². The molecule has 4 N–H and O–H groups in total. The number of nitrogens with two attached hydrogens (primary N) is 2. The minimum atomic E-state index is 0.0701. The van der Waals surface area contributed by atoms with Crippen molar-refractivity contribution < 1.29 is 4.79 Å². The molecule has 4 nitrogen and oxygen atoms in total. The molecule has 0 atom stereocenters. The van der Waals surface area contributed by atoms with Crippen molar-refractivity contribution in [3.63, 3.8) is 0 Å². The number of aryl methyl sites for hydroxylation is 1. The number of nitrogens with zero attached hydrogens (tertiary/aromatic N) is 1. The summed E-state index contributed by atoms with van der Waals surface area (Å²) >= 11 is 0. The number of anilines is 1. The number of Topliss-reactive ketones (excluding diaryl/α,β-unsaturated/α-hetero) is 1. The second-order valence-electron chi connectivity index (χ2n) is 4.92. The molecule has 0 spiro atoms. The normalized spacial score (nSPS) is 24.6. The molecule has 1 aromatic rings. The molecule has 0 radical (unpaired) electrons. The summed E-state index contributed by atoms with van der Waals surface area (Å²) in [7, 11) is 0. The predicted molar refractivity (Wildman–Crippen MR) is 67.7 cm³/mol. The van der Waals surface area contributed by atoms with Crippen LogP contribution in [0.5, 0.6) is 0 Å². The number of rotatable bonds is 2. The van der Waals surface area contributed by atoms with Gasteiger partial charge in [0.25, 0.3) is 0 Å². The fourth-order valence-electron chi connectivity index (χ4n) is 2.38. The van der Waals surface area contributed by atoms with E-state index in [1.54, 1.807) is 6.20 Å². The van der Waals surface area contributed by atoms with Crippen LogP contribution in [0.4, 0.5) is 5.82 Å². The van der Waals surface area contributed by atoms with Crippen molar-refractivity contribution in [2.24, 2.45) is 11.7 Å². The smallest absolute Gasteiger partial charge is 0.169 e. The third-order valence-corrected chi connectivity index (χ3v) is 3.46. The lowest BCUT2D eigenvalue weighted by Gasteiger charge is -2.25. The van der Waals surface area contributed by atoms with Crippen molar-refractivity contribution in [3.05, 3.63) is 23.4 Å². The average Bonchev–Trinajstić information content (AvgIpc) is 2.32. The van der Waals surface area contributed by atoms with E-state index in [9.17, 15) is 4.79 Å². The maximum Gasteiger partial charge on any atom is 0.169 e. The summed E-state index contributed by atoms with van der Waals surface area (Å²) in [5.41, 5.74) is 13.2. The first-order valence-electron chi connectivity index (χ1n) is 6.10. The summed E-state index contributed by atoms with van der Waals surface area (Å²) in [6.45, 7) is 1.92. The SMILES string of the molecule is Cc1cnc(N)c(C(=O)C2CCC(N)CC2)c1. The summed E-state index contributed by atoms with van der Waals surface area (Å²) < 4.78 is 0. The second-order valence-corrected chi connectivity index (χ2v) is 4.92. The van der Waals surface area contributed by atoms with Gasteiger partial charge in [-0.3, -0.25) is 4.79 Å². The van der Waals surface area contributed by atoms with Gasteiger partial charge in [-0.2, -0.15) is 0 Å². The van der Waals surface area contributed by atoms with E-state index in [2.05, 4.69) is 4.98 Å². The standard InChI is InChI=1S/C13H19N3O/c1-8-6-11(13(15)16-7-8)12(17)9-2-4-10(14)5-3-9/h6-7,9-10H,2-5,14H2,1H3,(H2,15,16). The van der Waals surface area contributed by atoms with Crippen molar-refractivity contribution in [2.45, 2.75) is 38.6 Å². The summed E-state index contributed by atoms with van der Waals surface area (Å²) in [4.78, 5) is 16.4. The molecule has 0 aromatic carbocycles. The Kier molecular flexibility index (Phi) is 3.43. The summed E-state index contributed by atoms with van der Waals surface area (Å²) in [5, 5.41) is 0. The molecule has 0 aliphatic heterocycles. The van der Waals surface area contributed by atoms with Gasteiger partial charge in [0.2, 0.25) is 0 Å². The highest BCUT2D eigenvalue weighted by molar-refractivity contribution is 6.01. The van der Waals surface area contributed by atoms with Gasteiger partial charge in [-0.1, -0.05) is 0 Å². The Balaban J connectivity index is 2.16. The third kappa shape index (κ3) is 2.64. The number of aromatic nitrogens is 1. The zero-order valence-corrected chi connectivity index (χ0v) is 10.1. The monoisotopic (exact) mass is 233 g/mol.